The molecule has 23 heavy (non-hydrogen) atoms. The monoisotopic (exact) mass is 351 g/mol. The Bertz CT molecular complexity index is 628. The molecule has 1 heterocycles. The highest BCUT2D eigenvalue weighted by molar-refractivity contribution is 8.01. The molecule has 0 aliphatic rings. The van der Waals surface area contributed by atoms with E-state index in [9.17, 15) is 4.79 Å². The second-order valence-corrected chi connectivity index (χ2v) is 8.15. The Morgan fingerprint density at radius 1 is 1.17 bits per heavy atom. The van der Waals surface area contributed by atoms with Gasteiger partial charge < -0.3 is 9.94 Å². The summed E-state index contributed by atoms with van der Waals surface area (Å²) in [6.45, 7) is 5.90. The minimum absolute atomic E-state index is 0.00868. The number of thiophene rings is 1. The van der Waals surface area contributed by atoms with Gasteiger partial charge >= 0.3 is 0 Å². The number of nitrogens with zero attached hydrogens (tertiary/aromatic N) is 1. The van der Waals surface area contributed by atoms with Crippen LogP contribution in [0.15, 0.2) is 50.7 Å². The SMILES string of the molecule is CC(C)(C)C=NO.COc1ccc(Sc2ccc(C=O)s2)cc1. The van der Waals surface area contributed by atoms with Gasteiger partial charge in [-0.25, -0.2) is 0 Å². The minimum Gasteiger partial charge on any atom is -0.497 e. The van der Waals surface area contributed by atoms with Crippen molar-refractivity contribution >= 4 is 35.6 Å². The van der Waals surface area contributed by atoms with Gasteiger partial charge in [0.15, 0.2) is 6.29 Å². The number of carbonyl (C=O) groups is 1. The number of hydrogen-bond donors (Lipinski definition) is 1. The zero-order valence-corrected chi connectivity index (χ0v) is 15.3. The summed E-state index contributed by atoms with van der Waals surface area (Å²) in [5, 5.41) is 10.9. The maximum atomic E-state index is 10.5. The van der Waals surface area contributed by atoms with Crippen LogP contribution in [0, 0.1) is 5.41 Å². The largest absolute Gasteiger partial charge is 0.497 e. The molecule has 0 bridgehead atoms. The van der Waals surface area contributed by atoms with Crippen molar-refractivity contribution in [3.63, 3.8) is 0 Å². The summed E-state index contributed by atoms with van der Waals surface area (Å²) in [4.78, 5) is 12.4. The van der Waals surface area contributed by atoms with E-state index in [1.807, 2.05) is 57.2 Å². The minimum atomic E-state index is 0.00868. The third-order valence-electron chi connectivity index (χ3n) is 2.44. The van der Waals surface area contributed by atoms with E-state index < -0.39 is 0 Å². The van der Waals surface area contributed by atoms with Gasteiger partial charge in [0.25, 0.3) is 0 Å². The maximum Gasteiger partial charge on any atom is 0.160 e. The lowest BCUT2D eigenvalue weighted by molar-refractivity contribution is 0.112. The average Bonchev–Trinajstić information content (AvgIpc) is 2.95. The van der Waals surface area contributed by atoms with E-state index in [1.54, 1.807) is 18.9 Å². The van der Waals surface area contributed by atoms with E-state index in [0.29, 0.717) is 0 Å². The topological polar surface area (TPSA) is 58.9 Å². The summed E-state index contributed by atoms with van der Waals surface area (Å²) in [5.41, 5.74) is 0.00868. The lowest BCUT2D eigenvalue weighted by atomic mass is 10.00. The number of rotatable bonds is 4. The Hall–Kier alpha value is -1.79. The molecule has 0 radical (unpaired) electrons. The zero-order valence-electron chi connectivity index (χ0n) is 13.6. The Balaban J connectivity index is 0.000000322. The third kappa shape index (κ3) is 7.85. The molecule has 1 aromatic heterocycles. The van der Waals surface area contributed by atoms with Crippen LogP contribution in [0.1, 0.15) is 30.4 Å². The van der Waals surface area contributed by atoms with Gasteiger partial charge in [0.05, 0.1) is 16.2 Å². The number of methoxy groups -OCH3 is 1. The molecule has 1 aromatic carbocycles. The van der Waals surface area contributed by atoms with Gasteiger partial charge in [0.2, 0.25) is 0 Å². The van der Waals surface area contributed by atoms with Gasteiger partial charge in [-0.1, -0.05) is 32.5 Å². The van der Waals surface area contributed by atoms with E-state index >= 15 is 0 Å². The summed E-state index contributed by atoms with van der Waals surface area (Å²) in [6, 6.07) is 11.7. The lowest BCUT2D eigenvalue weighted by Gasteiger charge is -2.06. The summed E-state index contributed by atoms with van der Waals surface area (Å²) >= 11 is 3.15. The van der Waals surface area contributed by atoms with Crippen molar-refractivity contribution in [2.24, 2.45) is 10.6 Å². The summed E-state index contributed by atoms with van der Waals surface area (Å²) < 4.78 is 6.21. The molecule has 0 amide bonds. The third-order valence-corrected chi connectivity index (χ3v) is 4.59. The van der Waals surface area contributed by atoms with Crippen LogP contribution in [-0.4, -0.2) is 24.8 Å². The second kappa shape index (κ2) is 9.37. The number of oxime groups is 1. The molecule has 2 aromatic rings. The van der Waals surface area contributed by atoms with Crippen LogP contribution in [0.4, 0.5) is 0 Å². The lowest BCUT2D eigenvalue weighted by Crippen LogP contribution is -2.05. The number of ether oxygens (including phenoxy) is 1. The molecule has 6 heteroatoms. The van der Waals surface area contributed by atoms with E-state index in [0.717, 1.165) is 26.0 Å². The molecule has 0 fully saturated rings. The Morgan fingerprint density at radius 3 is 2.22 bits per heavy atom. The number of hydrogen-bond acceptors (Lipinski definition) is 6. The highest BCUT2D eigenvalue weighted by Gasteiger charge is 2.04. The molecular weight excluding hydrogens is 330 g/mol. The first-order valence-electron chi connectivity index (χ1n) is 6.93. The highest BCUT2D eigenvalue weighted by Crippen LogP contribution is 2.33. The van der Waals surface area contributed by atoms with Crippen LogP contribution >= 0.6 is 23.1 Å². The molecule has 4 nitrogen and oxygen atoms in total. The van der Waals surface area contributed by atoms with Gasteiger partial charge in [-0.3, -0.25) is 4.79 Å². The number of benzene rings is 1. The second-order valence-electron chi connectivity index (χ2n) is 5.66. The zero-order chi connectivity index (χ0) is 17.3. The Morgan fingerprint density at radius 2 is 1.83 bits per heavy atom. The van der Waals surface area contributed by atoms with Gasteiger partial charge in [0.1, 0.15) is 5.75 Å². The standard InChI is InChI=1S/C12H10O2S2.C5H11NO/c1-14-9-2-4-10(5-3-9)15-12-7-6-11(8-13)16-12;1-5(2,3)4-6-7/h2-8H,1H3;4,7H,1-3H3. The first-order chi connectivity index (χ1) is 10.9. The predicted molar refractivity (Wildman–Crippen MR) is 96.6 cm³/mol. The van der Waals surface area contributed by atoms with Gasteiger partial charge in [-0.2, -0.15) is 0 Å². The van der Waals surface area contributed by atoms with Crippen molar-refractivity contribution in [2.75, 3.05) is 7.11 Å². The van der Waals surface area contributed by atoms with E-state index in [-0.39, 0.29) is 5.41 Å². The van der Waals surface area contributed by atoms with Crippen LogP contribution < -0.4 is 4.74 Å². The van der Waals surface area contributed by atoms with Crippen molar-refractivity contribution in [3.8, 4) is 5.75 Å². The van der Waals surface area contributed by atoms with Crippen LogP contribution in [0.2, 0.25) is 0 Å². The summed E-state index contributed by atoms with van der Waals surface area (Å²) in [6.07, 6.45) is 2.37. The molecule has 0 spiro atoms. The van der Waals surface area contributed by atoms with Crippen molar-refractivity contribution in [1.29, 1.82) is 0 Å². The molecule has 2 rings (SSSR count). The fraction of sp³-hybridized carbons (Fsp3) is 0.294. The molecule has 0 atom stereocenters. The van der Waals surface area contributed by atoms with E-state index in [2.05, 4.69) is 5.16 Å². The molecule has 124 valence electrons. The Labute approximate surface area is 145 Å². The van der Waals surface area contributed by atoms with Crippen molar-refractivity contribution < 1.29 is 14.7 Å². The van der Waals surface area contributed by atoms with Crippen molar-refractivity contribution in [3.05, 3.63) is 41.3 Å². The number of aldehydes is 1. The smallest absolute Gasteiger partial charge is 0.160 e. The van der Waals surface area contributed by atoms with E-state index in [4.69, 9.17) is 9.94 Å². The fourth-order valence-corrected chi connectivity index (χ4v) is 3.32. The molecule has 0 saturated heterocycles. The van der Waals surface area contributed by atoms with Gasteiger partial charge in [0, 0.05) is 16.5 Å². The first kappa shape index (κ1) is 19.3. The van der Waals surface area contributed by atoms with Crippen LogP contribution in [0.3, 0.4) is 0 Å². The van der Waals surface area contributed by atoms with Crippen LogP contribution in [0.25, 0.3) is 0 Å². The molecule has 0 aliphatic carbocycles. The van der Waals surface area contributed by atoms with Gasteiger partial charge in [-0.05, 0) is 36.4 Å². The first-order valence-corrected chi connectivity index (χ1v) is 8.57. The number of carbonyl (C=O) groups excluding carboxylic acids is 1. The van der Waals surface area contributed by atoms with Crippen LogP contribution in [-0.2, 0) is 0 Å². The van der Waals surface area contributed by atoms with Crippen molar-refractivity contribution in [1.82, 2.24) is 0 Å². The summed E-state index contributed by atoms with van der Waals surface area (Å²) in [5.74, 6) is 0.851. The van der Waals surface area contributed by atoms with Gasteiger partial charge in [-0.15, -0.1) is 16.5 Å². The van der Waals surface area contributed by atoms with E-state index in [1.165, 1.54) is 17.6 Å². The maximum absolute atomic E-state index is 10.5. The molecule has 1 N–H and O–H groups in total. The Kier molecular flexibility index (Phi) is 7.85. The normalized spacial score (nSPS) is 11.0. The molecule has 0 saturated carbocycles. The van der Waals surface area contributed by atoms with Crippen LogP contribution in [0.5, 0.6) is 5.75 Å². The molecular formula is C17H21NO3S2. The quantitative estimate of drug-likeness (QED) is 0.355. The van der Waals surface area contributed by atoms with Crippen molar-refractivity contribution in [2.45, 2.75) is 29.9 Å². The predicted octanol–water partition coefficient (Wildman–Crippen LogP) is 5.21. The fourth-order valence-electron chi connectivity index (χ4n) is 1.39. The highest BCUT2D eigenvalue weighted by atomic mass is 32.2. The molecule has 0 unspecified atom stereocenters. The molecule has 0 aliphatic heterocycles. The average molecular weight is 351 g/mol. The summed E-state index contributed by atoms with van der Waals surface area (Å²) in [7, 11) is 1.65.